The van der Waals surface area contributed by atoms with Gasteiger partial charge in [-0.05, 0) is 51.0 Å². The van der Waals surface area contributed by atoms with Crippen LogP contribution in [-0.4, -0.2) is 43.7 Å². The number of carbonyl (C=O) groups excluding carboxylic acids is 2. The van der Waals surface area contributed by atoms with Gasteiger partial charge in [0.15, 0.2) is 0 Å². The van der Waals surface area contributed by atoms with Crippen molar-refractivity contribution in [2.45, 2.75) is 37.6 Å². The third-order valence-electron chi connectivity index (χ3n) is 4.99. The van der Waals surface area contributed by atoms with E-state index in [1.165, 1.54) is 4.31 Å². The standard InChI is InChI=1S/C22H27N3O4S/c1-16(2)23-22(27)19-12-6-7-13-20(19)24-21(26)17-9-8-14-25(15-17)30(28,29)18-10-4-3-5-11-18/h3-7,10-13,16-17H,8-9,14-15H2,1-2H3,(H,23,27)(H,24,26). The first-order chi connectivity index (χ1) is 14.3. The van der Waals surface area contributed by atoms with Crippen molar-refractivity contribution in [3.63, 3.8) is 0 Å². The van der Waals surface area contributed by atoms with Crippen LogP contribution in [0.15, 0.2) is 59.5 Å². The second kappa shape index (κ2) is 9.40. The normalized spacial score (nSPS) is 17.5. The third kappa shape index (κ3) is 5.06. The van der Waals surface area contributed by atoms with Gasteiger partial charge < -0.3 is 10.6 Å². The topological polar surface area (TPSA) is 95.6 Å². The van der Waals surface area contributed by atoms with Crippen LogP contribution in [0.4, 0.5) is 5.69 Å². The van der Waals surface area contributed by atoms with Gasteiger partial charge in [0.2, 0.25) is 15.9 Å². The Balaban J connectivity index is 1.73. The van der Waals surface area contributed by atoms with E-state index in [2.05, 4.69) is 10.6 Å². The number of carbonyl (C=O) groups is 2. The number of sulfonamides is 1. The Hall–Kier alpha value is -2.71. The Labute approximate surface area is 177 Å². The summed E-state index contributed by atoms with van der Waals surface area (Å²) in [5.74, 6) is -1.04. The number of anilines is 1. The highest BCUT2D eigenvalue weighted by atomic mass is 32.2. The summed E-state index contributed by atoms with van der Waals surface area (Å²) in [5.41, 5.74) is 0.799. The maximum atomic E-state index is 12.9. The Kier molecular flexibility index (Phi) is 6.89. The van der Waals surface area contributed by atoms with Crippen molar-refractivity contribution >= 4 is 27.5 Å². The van der Waals surface area contributed by atoms with Crippen LogP contribution in [0, 0.1) is 5.92 Å². The molecule has 1 fully saturated rings. The molecular formula is C22H27N3O4S. The molecule has 3 rings (SSSR count). The summed E-state index contributed by atoms with van der Waals surface area (Å²) in [6.07, 6.45) is 1.19. The summed E-state index contributed by atoms with van der Waals surface area (Å²) < 4.78 is 27.2. The number of benzene rings is 2. The summed E-state index contributed by atoms with van der Waals surface area (Å²) in [7, 11) is -3.65. The van der Waals surface area contributed by atoms with Crippen LogP contribution < -0.4 is 10.6 Å². The van der Waals surface area contributed by atoms with Gasteiger partial charge in [-0.1, -0.05) is 30.3 Å². The fourth-order valence-electron chi connectivity index (χ4n) is 3.48. The molecule has 1 saturated heterocycles. The zero-order chi connectivity index (χ0) is 21.7. The van der Waals surface area contributed by atoms with Crippen molar-refractivity contribution in [3.05, 3.63) is 60.2 Å². The quantitative estimate of drug-likeness (QED) is 0.738. The first-order valence-electron chi connectivity index (χ1n) is 10.0. The highest BCUT2D eigenvalue weighted by molar-refractivity contribution is 7.89. The first kappa shape index (κ1) is 22.0. The van der Waals surface area contributed by atoms with Crippen molar-refractivity contribution in [1.82, 2.24) is 9.62 Å². The molecule has 2 aromatic carbocycles. The Morgan fingerprint density at radius 3 is 2.40 bits per heavy atom. The zero-order valence-corrected chi connectivity index (χ0v) is 18.0. The van der Waals surface area contributed by atoms with E-state index in [9.17, 15) is 18.0 Å². The lowest BCUT2D eigenvalue weighted by molar-refractivity contribution is -0.120. The van der Waals surface area contributed by atoms with E-state index in [4.69, 9.17) is 0 Å². The van der Waals surface area contributed by atoms with Crippen LogP contribution in [-0.2, 0) is 14.8 Å². The lowest BCUT2D eigenvalue weighted by Crippen LogP contribution is -2.43. The minimum atomic E-state index is -3.65. The minimum Gasteiger partial charge on any atom is -0.350 e. The molecule has 2 N–H and O–H groups in total. The number of nitrogens with zero attached hydrogens (tertiary/aromatic N) is 1. The van der Waals surface area contributed by atoms with Crippen LogP contribution in [0.25, 0.3) is 0 Å². The van der Waals surface area contributed by atoms with Crippen LogP contribution in [0.2, 0.25) is 0 Å². The van der Waals surface area contributed by atoms with Gasteiger partial charge in [-0.2, -0.15) is 4.31 Å². The summed E-state index contributed by atoms with van der Waals surface area (Å²) in [6.45, 7) is 4.23. The molecule has 0 aliphatic carbocycles. The Bertz CT molecular complexity index is 1010. The number of amides is 2. The number of nitrogens with one attached hydrogen (secondary N) is 2. The Morgan fingerprint density at radius 2 is 1.70 bits per heavy atom. The molecule has 0 radical (unpaired) electrons. The summed E-state index contributed by atoms with van der Waals surface area (Å²) in [5, 5.41) is 5.64. The lowest BCUT2D eigenvalue weighted by Gasteiger charge is -2.31. The molecule has 2 amide bonds. The predicted octanol–water partition coefficient (Wildman–Crippen LogP) is 2.86. The van der Waals surface area contributed by atoms with Gasteiger partial charge in [0, 0.05) is 19.1 Å². The smallest absolute Gasteiger partial charge is 0.253 e. The maximum Gasteiger partial charge on any atom is 0.253 e. The molecule has 1 heterocycles. The van der Waals surface area contributed by atoms with Gasteiger partial charge in [-0.15, -0.1) is 0 Å². The summed E-state index contributed by atoms with van der Waals surface area (Å²) >= 11 is 0. The fourth-order valence-corrected chi connectivity index (χ4v) is 5.03. The lowest BCUT2D eigenvalue weighted by atomic mass is 9.98. The van der Waals surface area contributed by atoms with E-state index >= 15 is 0 Å². The largest absolute Gasteiger partial charge is 0.350 e. The second-order valence-electron chi connectivity index (χ2n) is 7.68. The van der Waals surface area contributed by atoms with Gasteiger partial charge in [-0.25, -0.2) is 8.42 Å². The molecule has 2 aromatic rings. The molecule has 0 aromatic heterocycles. The highest BCUT2D eigenvalue weighted by Crippen LogP contribution is 2.25. The van der Waals surface area contributed by atoms with Gasteiger partial charge >= 0.3 is 0 Å². The van der Waals surface area contributed by atoms with E-state index in [0.29, 0.717) is 30.6 Å². The van der Waals surface area contributed by atoms with Crippen LogP contribution in [0.5, 0.6) is 0 Å². The van der Waals surface area contributed by atoms with E-state index in [0.717, 1.165) is 0 Å². The molecule has 0 bridgehead atoms. The molecule has 8 heteroatoms. The van der Waals surface area contributed by atoms with Crippen LogP contribution >= 0.6 is 0 Å². The SMILES string of the molecule is CC(C)NC(=O)c1ccccc1NC(=O)C1CCCN(S(=O)(=O)c2ccccc2)C1. The van der Waals surface area contributed by atoms with Crippen molar-refractivity contribution in [3.8, 4) is 0 Å². The zero-order valence-electron chi connectivity index (χ0n) is 17.2. The average molecular weight is 430 g/mol. The molecule has 1 aliphatic rings. The number of piperidine rings is 1. The molecule has 7 nitrogen and oxygen atoms in total. The van der Waals surface area contributed by atoms with E-state index in [1.54, 1.807) is 54.6 Å². The second-order valence-corrected chi connectivity index (χ2v) is 9.62. The van der Waals surface area contributed by atoms with Crippen molar-refractivity contribution in [1.29, 1.82) is 0 Å². The summed E-state index contributed by atoms with van der Waals surface area (Å²) in [4.78, 5) is 25.6. The van der Waals surface area contributed by atoms with Crippen LogP contribution in [0.3, 0.4) is 0 Å². The molecule has 0 saturated carbocycles. The van der Waals surface area contributed by atoms with Gasteiger partial charge in [0.25, 0.3) is 5.91 Å². The molecule has 1 atom stereocenters. The number of hydrogen-bond acceptors (Lipinski definition) is 4. The highest BCUT2D eigenvalue weighted by Gasteiger charge is 2.33. The number of rotatable bonds is 6. The van der Waals surface area contributed by atoms with Crippen molar-refractivity contribution < 1.29 is 18.0 Å². The molecule has 1 unspecified atom stereocenters. The molecule has 0 spiro atoms. The van der Waals surface area contributed by atoms with Gasteiger partial charge in [0.1, 0.15) is 0 Å². The minimum absolute atomic E-state index is 0.0312. The van der Waals surface area contributed by atoms with Gasteiger partial charge in [-0.3, -0.25) is 9.59 Å². The van der Waals surface area contributed by atoms with E-state index < -0.39 is 15.9 Å². The third-order valence-corrected chi connectivity index (χ3v) is 6.86. The van der Waals surface area contributed by atoms with Crippen molar-refractivity contribution in [2.24, 2.45) is 5.92 Å². The monoisotopic (exact) mass is 429 g/mol. The molecule has 160 valence electrons. The van der Waals surface area contributed by atoms with Gasteiger partial charge in [0.05, 0.1) is 22.1 Å². The van der Waals surface area contributed by atoms with E-state index in [-0.39, 0.29) is 29.3 Å². The van der Waals surface area contributed by atoms with Crippen molar-refractivity contribution in [2.75, 3.05) is 18.4 Å². The average Bonchev–Trinajstić information content (AvgIpc) is 2.74. The maximum absolute atomic E-state index is 12.9. The Morgan fingerprint density at radius 1 is 1.03 bits per heavy atom. The molecule has 1 aliphatic heterocycles. The first-order valence-corrected chi connectivity index (χ1v) is 11.5. The number of para-hydroxylation sites is 1. The van der Waals surface area contributed by atoms with E-state index in [1.807, 2.05) is 13.8 Å². The predicted molar refractivity (Wildman–Crippen MR) is 116 cm³/mol. The summed E-state index contributed by atoms with van der Waals surface area (Å²) in [6, 6.07) is 15.0. The molecule has 30 heavy (non-hydrogen) atoms. The molecular weight excluding hydrogens is 402 g/mol. The number of hydrogen-bond donors (Lipinski definition) is 2. The van der Waals surface area contributed by atoms with Crippen LogP contribution in [0.1, 0.15) is 37.0 Å². The fraction of sp³-hybridized carbons (Fsp3) is 0.364.